The van der Waals surface area contributed by atoms with Gasteiger partial charge in [-0.05, 0) is 42.7 Å². The summed E-state index contributed by atoms with van der Waals surface area (Å²) in [6.45, 7) is 4.12. The van der Waals surface area contributed by atoms with E-state index in [1.807, 2.05) is 18.2 Å². The summed E-state index contributed by atoms with van der Waals surface area (Å²) in [5.41, 5.74) is 8.19. The fourth-order valence-corrected chi connectivity index (χ4v) is 4.58. The summed E-state index contributed by atoms with van der Waals surface area (Å²) >= 11 is 0. The van der Waals surface area contributed by atoms with Crippen molar-refractivity contribution in [1.82, 2.24) is 24.7 Å². The zero-order chi connectivity index (χ0) is 30.0. The monoisotopic (exact) mass is 573 g/mol. The van der Waals surface area contributed by atoms with Gasteiger partial charge in [0.15, 0.2) is 0 Å². The van der Waals surface area contributed by atoms with Crippen LogP contribution in [0, 0.1) is 12.8 Å². The summed E-state index contributed by atoms with van der Waals surface area (Å²) in [4.78, 5) is 38.5. The predicted octanol–water partition coefficient (Wildman–Crippen LogP) is 5.37. The van der Waals surface area contributed by atoms with Gasteiger partial charge in [0.2, 0.25) is 0 Å². The quantitative estimate of drug-likeness (QED) is 0.285. The Morgan fingerprint density at radius 1 is 1.07 bits per heavy atom. The molecule has 0 saturated heterocycles. The Labute approximate surface area is 238 Å². The van der Waals surface area contributed by atoms with Gasteiger partial charge in [-0.15, -0.1) is 0 Å². The highest BCUT2D eigenvalue weighted by Crippen LogP contribution is 2.31. The van der Waals surface area contributed by atoms with Gasteiger partial charge in [0.1, 0.15) is 34.4 Å². The molecule has 214 valence electrons. The maximum atomic E-state index is 13.2. The average Bonchev–Trinajstić information content (AvgIpc) is 3.17. The molecule has 0 aliphatic heterocycles. The number of aryl methyl sites for hydroxylation is 1. The smallest absolute Gasteiger partial charge is 0.382 e. The Hall–Kier alpha value is -5.26. The standard InChI is InChI=1S/C30H26F3N7O2/c1-17-5-3-4-6-19(13-17)15-37-29(42)23-16-36-27(34)26-25(38-18(2)40(23)26)20-7-9-21(10-8-20)28(41)39-24-14-22(11-12-35-24)30(31,32)33/h3-14,16-17H,15H2,1-2H3,(H2,34,36)(H,37,42)(H,35,39,41). The van der Waals surface area contributed by atoms with Crippen molar-refractivity contribution < 1.29 is 22.8 Å². The van der Waals surface area contributed by atoms with E-state index in [-0.39, 0.29) is 34.7 Å². The molecule has 0 spiro atoms. The molecule has 1 atom stereocenters. The van der Waals surface area contributed by atoms with E-state index in [0.717, 1.165) is 23.9 Å². The normalized spacial score (nSPS) is 14.9. The highest BCUT2D eigenvalue weighted by Gasteiger charge is 2.31. The van der Waals surface area contributed by atoms with Crippen molar-refractivity contribution in [2.45, 2.75) is 20.0 Å². The molecule has 2 amide bonds. The number of aromatic nitrogens is 4. The Morgan fingerprint density at radius 3 is 2.57 bits per heavy atom. The first-order valence-electron chi connectivity index (χ1n) is 12.9. The van der Waals surface area contributed by atoms with Crippen molar-refractivity contribution in [1.29, 1.82) is 0 Å². The molecule has 9 nitrogen and oxygen atoms in total. The van der Waals surface area contributed by atoms with Gasteiger partial charge in [-0.3, -0.25) is 14.0 Å². The van der Waals surface area contributed by atoms with Gasteiger partial charge in [0.25, 0.3) is 11.8 Å². The molecule has 1 aromatic carbocycles. The Kier molecular flexibility index (Phi) is 7.62. The van der Waals surface area contributed by atoms with Gasteiger partial charge in [0.05, 0.1) is 11.8 Å². The average molecular weight is 574 g/mol. The van der Waals surface area contributed by atoms with Crippen molar-refractivity contribution in [2.75, 3.05) is 17.6 Å². The van der Waals surface area contributed by atoms with E-state index in [1.165, 1.54) is 18.3 Å². The van der Waals surface area contributed by atoms with Crippen LogP contribution in [-0.4, -0.2) is 37.7 Å². The number of hydrogen-bond donors (Lipinski definition) is 3. The topological polar surface area (TPSA) is 127 Å². The number of halogens is 3. The number of nitrogens with two attached hydrogens (primary N) is 1. The molecule has 1 aliphatic rings. The number of rotatable bonds is 6. The number of allylic oxidation sites excluding steroid dienone is 4. The molecule has 3 heterocycles. The van der Waals surface area contributed by atoms with Gasteiger partial charge in [-0.1, -0.05) is 49.4 Å². The molecule has 12 heteroatoms. The fraction of sp³-hybridized carbons (Fsp3) is 0.167. The summed E-state index contributed by atoms with van der Waals surface area (Å²) in [5, 5.41) is 5.31. The minimum Gasteiger partial charge on any atom is -0.382 e. The molecule has 3 aromatic heterocycles. The van der Waals surface area contributed by atoms with E-state index in [9.17, 15) is 22.8 Å². The second kappa shape index (κ2) is 11.3. The highest BCUT2D eigenvalue weighted by atomic mass is 19.4. The summed E-state index contributed by atoms with van der Waals surface area (Å²) in [7, 11) is 0. The second-order valence-electron chi connectivity index (χ2n) is 9.71. The SMILES string of the molecule is Cc1nc(-c2ccc(C(=O)Nc3cc(C(F)(F)F)ccn3)cc2)c2c(N)ncc(C(=O)NCC3=CC(C)C=CC=C3)n12. The number of pyridine rings is 1. The minimum absolute atomic E-state index is 0.161. The molecule has 0 bridgehead atoms. The molecule has 42 heavy (non-hydrogen) atoms. The van der Waals surface area contributed by atoms with Crippen molar-refractivity contribution in [2.24, 2.45) is 5.92 Å². The first-order chi connectivity index (χ1) is 20.0. The van der Waals surface area contributed by atoms with Crippen LogP contribution in [0.5, 0.6) is 0 Å². The molecule has 0 fully saturated rings. The van der Waals surface area contributed by atoms with Crippen molar-refractivity contribution in [3.05, 3.63) is 107 Å². The third kappa shape index (κ3) is 5.92. The van der Waals surface area contributed by atoms with Crippen LogP contribution in [0.25, 0.3) is 16.8 Å². The van der Waals surface area contributed by atoms with Gasteiger partial charge in [0, 0.05) is 23.9 Å². The van der Waals surface area contributed by atoms with Gasteiger partial charge >= 0.3 is 6.18 Å². The van der Waals surface area contributed by atoms with Crippen LogP contribution >= 0.6 is 0 Å². The van der Waals surface area contributed by atoms with Gasteiger partial charge in [-0.25, -0.2) is 15.0 Å². The summed E-state index contributed by atoms with van der Waals surface area (Å²) in [6, 6.07) is 7.84. The second-order valence-corrected chi connectivity index (χ2v) is 9.71. The zero-order valence-corrected chi connectivity index (χ0v) is 22.6. The molecular weight excluding hydrogens is 547 g/mol. The van der Waals surface area contributed by atoms with Crippen LogP contribution in [0.2, 0.25) is 0 Å². The lowest BCUT2D eigenvalue weighted by Gasteiger charge is -2.11. The lowest BCUT2D eigenvalue weighted by Crippen LogP contribution is -2.28. The zero-order valence-electron chi connectivity index (χ0n) is 22.6. The van der Waals surface area contributed by atoms with Crippen molar-refractivity contribution >= 4 is 29.0 Å². The van der Waals surface area contributed by atoms with Crippen molar-refractivity contribution in [3.63, 3.8) is 0 Å². The molecule has 0 saturated carbocycles. The molecule has 1 aliphatic carbocycles. The Bertz CT molecular complexity index is 1770. The Balaban J connectivity index is 1.38. The third-order valence-electron chi connectivity index (χ3n) is 6.60. The fourth-order valence-electron chi connectivity index (χ4n) is 4.58. The van der Waals surface area contributed by atoms with Crippen molar-refractivity contribution in [3.8, 4) is 11.3 Å². The van der Waals surface area contributed by atoms with Crippen LogP contribution in [0.3, 0.4) is 0 Å². The van der Waals surface area contributed by atoms with E-state index in [1.54, 1.807) is 23.5 Å². The maximum Gasteiger partial charge on any atom is 0.416 e. The Morgan fingerprint density at radius 2 is 1.83 bits per heavy atom. The molecule has 1 unspecified atom stereocenters. The number of nitrogen functional groups attached to an aromatic ring is 1. The summed E-state index contributed by atoms with van der Waals surface area (Å²) in [5.74, 6) is -0.309. The number of nitrogens with zero attached hydrogens (tertiary/aromatic N) is 4. The van der Waals surface area contributed by atoms with Crippen LogP contribution in [0.4, 0.5) is 24.8 Å². The number of fused-ring (bicyclic) bond motifs is 1. The van der Waals surface area contributed by atoms with Gasteiger partial charge < -0.3 is 16.4 Å². The van der Waals surface area contributed by atoms with Crippen LogP contribution in [0.15, 0.2) is 84.7 Å². The number of carbonyl (C=O) groups is 2. The minimum atomic E-state index is -4.56. The first-order valence-corrected chi connectivity index (χ1v) is 12.9. The number of imidazole rings is 1. The van der Waals surface area contributed by atoms with E-state index >= 15 is 0 Å². The number of nitrogens with one attached hydrogen (secondary N) is 2. The molecule has 4 N–H and O–H groups in total. The number of hydrogen-bond acceptors (Lipinski definition) is 6. The van der Waals surface area contributed by atoms with Gasteiger partial charge in [-0.2, -0.15) is 13.2 Å². The van der Waals surface area contributed by atoms with E-state index in [4.69, 9.17) is 5.73 Å². The third-order valence-corrected chi connectivity index (χ3v) is 6.60. The number of benzene rings is 1. The number of alkyl halides is 3. The lowest BCUT2D eigenvalue weighted by atomic mass is 10.1. The molecule has 4 aromatic rings. The lowest BCUT2D eigenvalue weighted by molar-refractivity contribution is -0.137. The largest absolute Gasteiger partial charge is 0.416 e. The van der Waals surface area contributed by atoms with E-state index < -0.39 is 17.6 Å². The number of anilines is 2. The first kappa shape index (κ1) is 28.3. The summed E-state index contributed by atoms with van der Waals surface area (Å²) in [6.07, 6.45) is 7.77. The number of carbonyl (C=O) groups excluding carboxylic acids is 2. The molecule has 0 radical (unpaired) electrons. The highest BCUT2D eigenvalue weighted by molar-refractivity contribution is 6.04. The van der Waals surface area contributed by atoms with Crippen LogP contribution in [0.1, 0.15) is 39.2 Å². The predicted molar refractivity (Wildman–Crippen MR) is 153 cm³/mol. The van der Waals surface area contributed by atoms with E-state index in [2.05, 4.69) is 44.7 Å². The van der Waals surface area contributed by atoms with Crippen LogP contribution in [-0.2, 0) is 6.18 Å². The van der Waals surface area contributed by atoms with E-state index in [0.29, 0.717) is 29.1 Å². The maximum absolute atomic E-state index is 13.2. The number of amides is 2. The summed E-state index contributed by atoms with van der Waals surface area (Å²) < 4.78 is 40.6. The van der Waals surface area contributed by atoms with Crippen LogP contribution < -0.4 is 16.4 Å². The molecule has 5 rings (SSSR count). The molecular formula is C30H26F3N7O2.